The SMILES string of the molecule is CCCC1CC1Nc1nc(C)ns1. The van der Waals surface area contributed by atoms with Crippen molar-refractivity contribution in [2.75, 3.05) is 5.32 Å². The standard InChI is InChI=1S/C9H15N3S/c1-3-4-7-5-8(7)11-9-10-6(2)12-13-9/h7-8H,3-5H2,1-2H3,(H,10,11,12). The summed E-state index contributed by atoms with van der Waals surface area (Å²) in [5.74, 6) is 1.76. The van der Waals surface area contributed by atoms with Gasteiger partial charge >= 0.3 is 0 Å². The molecule has 4 heteroatoms. The fraction of sp³-hybridized carbons (Fsp3) is 0.778. The third kappa shape index (κ3) is 2.18. The lowest BCUT2D eigenvalue weighted by Crippen LogP contribution is -2.03. The molecule has 1 aromatic heterocycles. The van der Waals surface area contributed by atoms with E-state index in [9.17, 15) is 0 Å². The van der Waals surface area contributed by atoms with Gasteiger partial charge in [-0.3, -0.25) is 0 Å². The van der Waals surface area contributed by atoms with Crippen LogP contribution in [0.2, 0.25) is 0 Å². The quantitative estimate of drug-likeness (QED) is 0.805. The fourth-order valence-electron chi connectivity index (χ4n) is 1.63. The van der Waals surface area contributed by atoms with Crippen molar-refractivity contribution in [2.24, 2.45) is 5.92 Å². The first-order chi connectivity index (χ1) is 6.29. The van der Waals surface area contributed by atoms with Gasteiger partial charge in [0, 0.05) is 17.6 Å². The summed E-state index contributed by atoms with van der Waals surface area (Å²) in [5, 5.41) is 4.40. The minimum absolute atomic E-state index is 0.673. The Balaban J connectivity index is 1.81. The summed E-state index contributed by atoms with van der Waals surface area (Å²) in [6.07, 6.45) is 3.94. The van der Waals surface area contributed by atoms with E-state index in [4.69, 9.17) is 0 Å². The van der Waals surface area contributed by atoms with Gasteiger partial charge in [0.2, 0.25) is 5.13 Å². The summed E-state index contributed by atoms with van der Waals surface area (Å²) >= 11 is 1.47. The molecule has 0 radical (unpaired) electrons. The van der Waals surface area contributed by atoms with E-state index in [0.29, 0.717) is 6.04 Å². The molecule has 0 aromatic carbocycles. The van der Waals surface area contributed by atoms with E-state index in [1.54, 1.807) is 0 Å². The molecule has 1 heterocycles. The zero-order chi connectivity index (χ0) is 9.26. The van der Waals surface area contributed by atoms with Crippen molar-refractivity contribution < 1.29 is 0 Å². The smallest absolute Gasteiger partial charge is 0.202 e. The van der Waals surface area contributed by atoms with Crippen LogP contribution in [0.15, 0.2) is 0 Å². The van der Waals surface area contributed by atoms with Crippen LogP contribution in [0.4, 0.5) is 5.13 Å². The van der Waals surface area contributed by atoms with Gasteiger partial charge < -0.3 is 5.32 Å². The molecule has 72 valence electrons. The number of rotatable bonds is 4. The van der Waals surface area contributed by atoms with Crippen molar-refractivity contribution in [3.05, 3.63) is 5.82 Å². The zero-order valence-electron chi connectivity index (χ0n) is 8.08. The summed E-state index contributed by atoms with van der Waals surface area (Å²) in [6.45, 7) is 4.17. The molecule has 0 saturated heterocycles. The molecular weight excluding hydrogens is 182 g/mol. The summed E-state index contributed by atoms with van der Waals surface area (Å²) in [5.41, 5.74) is 0. The van der Waals surface area contributed by atoms with E-state index >= 15 is 0 Å². The summed E-state index contributed by atoms with van der Waals surface area (Å²) in [6, 6.07) is 0.673. The van der Waals surface area contributed by atoms with E-state index < -0.39 is 0 Å². The molecule has 1 aromatic rings. The first-order valence-electron chi connectivity index (χ1n) is 4.86. The Morgan fingerprint density at radius 3 is 3.08 bits per heavy atom. The Hall–Kier alpha value is -0.640. The van der Waals surface area contributed by atoms with Gasteiger partial charge in [-0.15, -0.1) is 0 Å². The first-order valence-corrected chi connectivity index (χ1v) is 5.63. The minimum Gasteiger partial charge on any atom is -0.357 e. The second-order valence-corrected chi connectivity index (χ2v) is 4.43. The average molecular weight is 197 g/mol. The van der Waals surface area contributed by atoms with Crippen LogP contribution >= 0.6 is 11.5 Å². The number of aryl methyl sites for hydroxylation is 1. The van der Waals surface area contributed by atoms with Crippen LogP contribution in [-0.4, -0.2) is 15.4 Å². The van der Waals surface area contributed by atoms with Crippen molar-refractivity contribution in [1.29, 1.82) is 0 Å². The van der Waals surface area contributed by atoms with E-state index in [0.717, 1.165) is 16.9 Å². The van der Waals surface area contributed by atoms with Crippen molar-refractivity contribution in [3.8, 4) is 0 Å². The number of hydrogen-bond donors (Lipinski definition) is 1. The summed E-state index contributed by atoms with van der Waals surface area (Å²) < 4.78 is 4.14. The van der Waals surface area contributed by atoms with Gasteiger partial charge in [0.05, 0.1) is 0 Å². The predicted octanol–water partition coefficient (Wildman–Crippen LogP) is 2.45. The number of aromatic nitrogens is 2. The topological polar surface area (TPSA) is 37.8 Å². The number of nitrogens with zero attached hydrogens (tertiary/aromatic N) is 2. The molecule has 1 saturated carbocycles. The van der Waals surface area contributed by atoms with Gasteiger partial charge in [0.25, 0.3) is 0 Å². The maximum atomic E-state index is 4.28. The van der Waals surface area contributed by atoms with E-state index in [1.807, 2.05) is 6.92 Å². The number of nitrogens with one attached hydrogen (secondary N) is 1. The predicted molar refractivity (Wildman–Crippen MR) is 55.1 cm³/mol. The molecule has 0 amide bonds. The van der Waals surface area contributed by atoms with Crippen LogP contribution in [0, 0.1) is 12.8 Å². The highest BCUT2D eigenvalue weighted by atomic mass is 32.1. The lowest BCUT2D eigenvalue weighted by molar-refractivity contribution is 0.692. The van der Waals surface area contributed by atoms with Gasteiger partial charge in [-0.05, 0) is 25.7 Å². The van der Waals surface area contributed by atoms with Gasteiger partial charge in [0.1, 0.15) is 5.82 Å². The van der Waals surface area contributed by atoms with Crippen LogP contribution in [-0.2, 0) is 0 Å². The summed E-state index contributed by atoms with van der Waals surface area (Å²) in [4.78, 5) is 4.28. The Morgan fingerprint density at radius 2 is 2.46 bits per heavy atom. The second-order valence-electron chi connectivity index (χ2n) is 3.68. The maximum absolute atomic E-state index is 4.28. The van der Waals surface area contributed by atoms with E-state index in [1.165, 1.54) is 30.8 Å². The average Bonchev–Trinajstić information content (AvgIpc) is 2.66. The molecule has 1 aliphatic rings. The first kappa shape index (κ1) is 8.94. The highest BCUT2D eigenvalue weighted by Gasteiger charge is 2.36. The highest BCUT2D eigenvalue weighted by Crippen LogP contribution is 2.37. The molecule has 1 N–H and O–H groups in total. The lowest BCUT2D eigenvalue weighted by Gasteiger charge is -1.98. The molecule has 0 aliphatic heterocycles. The molecule has 2 atom stereocenters. The molecule has 1 fully saturated rings. The normalized spacial score (nSPS) is 26.0. The van der Waals surface area contributed by atoms with Gasteiger partial charge in [-0.2, -0.15) is 4.37 Å². The molecular formula is C9H15N3S. The molecule has 2 rings (SSSR count). The molecule has 13 heavy (non-hydrogen) atoms. The number of hydrogen-bond acceptors (Lipinski definition) is 4. The van der Waals surface area contributed by atoms with Crippen molar-refractivity contribution >= 4 is 16.7 Å². The third-order valence-corrected chi connectivity index (χ3v) is 3.16. The Bertz CT molecular complexity index is 284. The fourth-order valence-corrected chi connectivity index (χ4v) is 2.26. The largest absolute Gasteiger partial charge is 0.357 e. The Labute approximate surface area is 82.8 Å². The second kappa shape index (κ2) is 3.62. The minimum atomic E-state index is 0.673. The van der Waals surface area contributed by atoms with Crippen LogP contribution in [0.1, 0.15) is 32.0 Å². The number of anilines is 1. The Morgan fingerprint density at radius 1 is 1.62 bits per heavy atom. The highest BCUT2D eigenvalue weighted by molar-refractivity contribution is 7.09. The van der Waals surface area contributed by atoms with Crippen LogP contribution in [0.5, 0.6) is 0 Å². The zero-order valence-corrected chi connectivity index (χ0v) is 8.90. The van der Waals surface area contributed by atoms with Gasteiger partial charge in [-0.1, -0.05) is 13.3 Å². The Kier molecular flexibility index (Phi) is 2.49. The maximum Gasteiger partial charge on any atom is 0.202 e. The lowest BCUT2D eigenvalue weighted by atomic mass is 10.2. The summed E-state index contributed by atoms with van der Waals surface area (Å²) in [7, 11) is 0. The van der Waals surface area contributed by atoms with Gasteiger partial charge in [-0.25, -0.2) is 4.98 Å². The third-order valence-electron chi connectivity index (χ3n) is 2.42. The van der Waals surface area contributed by atoms with Crippen molar-refractivity contribution in [3.63, 3.8) is 0 Å². The van der Waals surface area contributed by atoms with Crippen molar-refractivity contribution in [2.45, 2.75) is 39.2 Å². The molecule has 3 nitrogen and oxygen atoms in total. The molecule has 2 unspecified atom stereocenters. The van der Waals surface area contributed by atoms with Crippen LogP contribution in [0.25, 0.3) is 0 Å². The van der Waals surface area contributed by atoms with Crippen molar-refractivity contribution in [1.82, 2.24) is 9.36 Å². The van der Waals surface area contributed by atoms with Gasteiger partial charge in [0.15, 0.2) is 0 Å². The van der Waals surface area contributed by atoms with E-state index in [2.05, 4.69) is 21.6 Å². The molecule has 1 aliphatic carbocycles. The monoisotopic (exact) mass is 197 g/mol. The van der Waals surface area contributed by atoms with E-state index in [-0.39, 0.29) is 0 Å². The van der Waals surface area contributed by atoms with Crippen LogP contribution in [0.3, 0.4) is 0 Å². The van der Waals surface area contributed by atoms with Crippen LogP contribution < -0.4 is 5.32 Å². The molecule has 0 bridgehead atoms. The molecule has 0 spiro atoms.